The second kappa shape index (κ2) is 7.34. The number of furan rings is 1. The van der Waals surface area contributed by atoms with Gasteiger partial charge in [-0.15, -0.1) is 0 Å². The summed E-state index contributed by atoms with van der Waals surface area (Å²) in [5.74, 6) is 0.756. The molecule has 8 nitrogen and oxygen atoms in total. The summed E-state index contributed by atoms with van der Waals surface area (Å²) in [6, 6.07) is 8.55. The molecular weight excluding hydrogens is 370 g/mol. The summed E-state index contributed by atoms with van der Waals surface area (Å²) in [6.07, 6.45) is 0. The topological polar surface area (TPSA) is 112 Å². The molecule has 0 aliphatic rings. The molecule has 0 aliphatic carbocycles. The Balaban J connectivity index is 1.94. The van der Waals surface area contributed by atoms with Crippen LogP contribution in [0.15, 0.2) is 34.7 Å². The van der Waals surface area contributed by atoms with Gasteiger partial charge < -0.3 is 24.8 Å². The van der Waals surface area contributed by atoms with Gasteiger partial charge in [0.2, 0.25) is 0 Å². The third kappa shape index (κ3) is 3.91. The van der Waals surface area contributed by atoms with Crippen molar-refractivity contribution in [1.29, 1.82) is 5.41 Å². The van der Waals surface area contributed by atoms with Crippen LogP contribution in [0.5, 0.6) is 11.7 Å². The Labute approximate surface area is 160 Å². The minimum Gasteiger partial charge on any atom is -0.429 e. The van der Waals surface area contributed by atoms with Gasteiger partial charge in [0.15, 0.2) is 11.7 Å². The predicted molar refractivity (Wildman–Crippen MR) is 103 cm³/mol. The van der Waals surface area contributed by atoms with Crippen molar-refractivity contribution in [2.45, 2.75) is 6.54 Å². The molecule has 0 saturated heterocycles. The molecule has 2 heterocycles. The quantitative estimate of drug-likeness (QED) is 0.458. The Bertz CT molecular complexity index is 1010. The lowest BCUT2D eigenvalue weighted by atomic mass is 10.2. The molecule has 9 heteroatoms. The SMILES string of the molecule is CN(C)Cc1ccc(Oc2ccc(Cl)c3cc(C(=O)N(C)C(=N)N)[nH]c23)o1. The van der Waals surface area contributed by atoms with E-state index < -0.39 is 5.91 Å². The molecule has 4 N–H and O–H groups in total. The van der Waals surface area contributed by atoms with Crippen LogP contribution in [0.4, 0.5) is 0 Å². The van der Waals surface area contributed by atoms with E-state index in [2.05, 4.69) is 4.98 Å². The molecule has 27 heavy (non-hydrogen) atoms. The molecule has 0 unspecified atom stereocenters. The lowest BCUT2D eigenvalue weighted by molar-refractivity contribution is 0.0864. The number of H-pyrrole nitrogens is 1. The number of benzene rings is 1. The summed E-state index contributed by atoms with van der Waals surface area (Å²) >= 11 is 6.26. The fourth-order valence-corrected chi connectivity index (χ4v) is 2.78. The maximum Gasteiger partial charge on any atom is 0.290 e. The number of fused-ring (bicyclic) bond motifs is 1. The predicted octanol–water partition coefficient (Wildman–Crippen LogP) is 3.23. The van der Waals surface area contributed by atoms with Gasteiger partial charge in [0.1, 0.15) is 11.5 Å². The van der Waals surface area contributed by atoms with Crippen LogP contribution < -0.4 is 10.5 Å². The summed E-state index contributed by atoms with van der Waals surface area (Å²) in [7, 11) is 5.31. The summed E-state index contributed by atoms with van der Waals surface area (Å²) in [5, 5.41) is 8.48. The number of halogens is 1. The summed E-state index contributed by atoms with van der Waals surface area (Å²) < 4.78 is 11.5. The second-order valence-corrected chi connectivity index (χ2v) is 6.73. The highest BCUT2D eigenvalue weighted by Crippen LogP contribution is 2.35. The number of hydrogen-bond donors (Lipinski definition) is 3. The summed E-state index contributed by atoms with van der Waals surface area (Å²) in [4.78, 5) is 18.4. The molecule has 0 atom stereocenters. The number of rotatable bonds is 5. The molecule has 1 amide bonds. The van der Waals surface area contributed by atoms with Crippen molar-refractivity contribution in [2.75, 3.05) is 21.1 Å². The number of carbonyl (C=O) groups is 1. The van der Waals surface area contributed by atoms with Gasteiger partial charge >= 0.3 is 0 Å². The number of guanidine groups is 1. The Kier molecular flexibility index (Phi) is 5.11. The van der Waals surface area contributed by atoms with Gasteiger partial charge in [-0.05, 0) is 38.4 Å². The van der Waals surface area contributed by atoms with Crippen LogP contribution in [0, 0.1) is 5.41 Å². The van der Waals surface area contributed by atoms with Gasteiger partial charge in [-0.25, -0.2) is 0 Å². The standard InChI is InChI=1S/C18H20ClN5O3/c1-23(2)9-10-4-7-15(26-10)27-14-6-5-12(19)11-8-13(22-16(11)14)17(25)24(3)18(20)21/h4-8,22H,9H2,1-3H3,(H3,20,21). The minimum atomic E-state index is -0.452. The van der Waals surface area contributed by atoms with Crippen LogP contribution in [-0.4, -0.2) is 47.8 Å². The number of nitrogens with one attached hydrogen (secondary N) is 2. The van der Waals surface area contributed by atoms with Gasteiger partial charge in [0.05, 0.1) is 17.1 Å². The highest BCUT2D eigenvalue weighted by Gasteiger charge is 2.19. The molecule has 2 aromatic heterocycles. The van der Waals surface area contributed by atoms with Crippen LogP contribution in [-0.2, 0) is 6.54 Å². The van der Waals surface area contributed by atoms with E-state index in [1.54, 1.807) is 24.3 Å². The van der Waals surface area contributed by atoms with Crippen LogP contribution in [0.25, 0.3) is 10.9 Å². The lowest BCUT2D eigenvalue weighted by Crippen LogP contribution is -2.38. The number of aromatic amines is 1. The average molecular weight is 390 g/mol. The number of hydrogen-bond acceptors (Lipinski definition) is 5. The van der Waals surface area contributed by atoms with Crippen LogP contribution >= 0.6 is 11.6 Å². The van der Waals surface area contributed by atoms with Gasteiger partial charge in [0.25, 0.3) is 11.9 Å². The highest BCUT2D eigenvalue weighted by molar-refractivity contribution is 6.35. The first-order valence-electron chi connectivity index (χ1n) is 8.11. The molecule has 0 radical (unpaired) electrons. The number of ether oxygens (including phenoxy) is 1. The van der Waals surface area contributed by atoms with E-state index in [4.69, 9.17) is 31.9 Å². The lowest BCUT2D eigenvalue weighted by Gasteiger charge is -2.12. The van der Waals surface area contributed by atoms with Crippen LogP contribution in [0.2, 0.25) is 5.02 Å². The molecule has 0 fully saturated rings. The molecule has 3 aromatic rings. The molecule has 3 rings (SSSR count). The Hall–Kier alpha value is -2.97. The van der Waals surface area contributed by atoms with Crippen molar-refractivity contribution in [2.24, 2.45) is 5.73 Å². The molecule has 0 spiro atoms. The Morgan fingerprint density at radius 1 is 1.30 bits per heavy atom. The molecule has 0 saturated carbocycles. The van der Waals surface area contributed by atoms with E-state index in [1.807, 2.05) is 25.1 Å². The van der Waals surface area contributed by atoms with Gasteiger partial charge in [-0.1, -0.05) is 11.6 Å². The maximum absolute atomic E-state index is 12.4. The van der Waals surface area contributed by atoms with Crippen molar-refractivity contribution in [3.8, 4) is 11.7 Å². The normalized spacial score (nSPS) is 11.1. The zero-order chi connectivity index (χ0) is 19.7. The summed E-state index contributed by atoms with van der Waals surface area (Å²) in [6.45, 7) is 0.651. The minimum absolute atomic E-state index is 0.244. The molecule has 142 valence electrons. The Morgan fingerprint density at radius 3 is 2.70 bits per heavy atom. The van der Waals surface area contributed by atoms with Gasteiger partial charge in [0, 0.05) is 18.5 Å². The second-order valence-electron chi connectivity index (χ2n) is 6.33. The third-order valence-electron chi connectivity index (χ3n) is 3.92. The van der Waals surface area contributed by atoms with Gasteiger partial charge in [-0.2, -0.15) is 0 Å². The maximum atomic E-state index is 12.4. The fourth-order valence-electron chi connectivity index (χ4n) is 2.57. The van der Waals surface area contributed by atoms with E-state index in [0.717, 1.165) is 10.7 Å². The van der Waals surface area contributed by atoms with Crippen molar-refractivity contribution in [3.63, 3.8) is 0 Å². The monoisotopic (exact) mass is 389 g/mol. The average Bonchev–Trinajstić information content (AvgIpc) is 3.23. The number of amides is 1. The largest absolute Gasteiger partial charge is 0.429 e. The van der Waals surface area contributed by atoms with E-state index >= 15 is 0 Å². The number of nitrogens with two attached hydrogens (primary N) is 1. The number of aromatic nitrogens is 1. The molecule has 0 aliphatic heterocycles. The van der Waals surface area contributed by atoms with Crippen molar-refractivity contribution in [1.82, 2.24) is 14.8 Å². The van der Waals surface area contributed by atoms with Crippen LogP contribution in [0.3, 0.4) is 0 Å². The van der Waals surface area contributed by atoms with E-state index in [9.17, 15) is 4.79 Å². The Morgan fingerprint density at radius 2 is 2.04 bits per heavy atom. The van der Waals surface area contributed by atoms with E-state index in [0.29, 0.717) is 34.2 Å². The smallest absolute Gasteiger partial charge is 0.290 e. The van der Waals surface area contributed by atoms with E-state index in [1.165, 1.54) is 7.05 Å². The summed E-state index contributed by atoms with van der Waals surface area (Å²) in [5.41, 5.74) is 6.17. The first kappa shape index (κ1) is 18.8. The third-order valence-corrected chi connectivity index (χ3v) is 4.25. The molecule has 0 bridgehead atoms. The number of carbonyl (C=O) groups excluding carboxylic acids is 1. The van der Waals surface area contributed by atoms with Crippen molar-refractivity contribution >= 4 is 34.4 Å². The van der Waals surface area contributed by atoms with Crippen LogP contribution in [0.1, 0.15) is 16.2 Å². The zero-order valence-corrected chi connectivity index (χ0v) is 15.9. The van der Waals surface area contributed by atoms with Crippen molar-refractivity contribution in [3.05, 3.63) is 46.8 Å². The zero-order valence-electron chi connectivity index (χ0n) is 15.2. The number of nitrogens with zero attached hydrogens (tertiary/aromatic N) is 2. The first-order chi connectivity index (χ1) is 12.8. The first-order valence-corrected chi connectivity index (χ1v) is 8.48. The van der Waals surface area contributed by atoms with E-state index in [-0.39, 0.29) is 11.7 Å². The molecule has 1 aromatic carbocycles. The van der Waals surface area contributed by atoms with Gasteiger partial charge in [-0.3, -0.25) is 15.1 Å². The van der Waals surface area contributed by atoms with Crippen molar-refractivity contribution < 1.29 is 13.9 Å². The fraction of sp³-hybridized carbons (Fsp3) is 0.222. The highest BCUT2D eigenvalue weighted by atomic mass is 35.5. The molecular formula is C18H20ClN5O3.